The largest absolute Gasteiger partial charge is 0.490 e. The molecule has 0 spiro atoms. The van der Waals surface area contributed by atoms with Gasteiger partial charge >= 0.3 is 11.9 Å². The normalized spacial score (nSPS) is 11.1. The predicted octanol–water partition coefficient (Wildman–Crippen LogP) is 22.9. The molecule has 0 amide bonds. The van der Waals surface area contributed by atoms with Crippen LogP contribution in [0, 0.1) is 12.3 Å². The molecule has 10 nitrogen and oxygen atoms in total. The van der Waals surface area contributed by atoms with Gasteiger partial charge in [-0.15, -0.1) is 6.42 Å². The molecule has 0 aliphatic carbocycles. The van der Waals surface area contributed by atoms with Crippen molar-refractivity contribution in [3.63, 3.8) is 0 Å². The second-order valence-corrected chi connectivity index (χ2v) is 25.0. The van der Waals surface area contributed by atoms with Crippen LogP contribution >= 0.6 is 0 Å². The molecule has 0 saturated heterocycles. The number of rotatable bonds is 59. The Morgan fingerprint density at radius 1 is 0.322 bits per heavy atom. The molecule has 0 aliphatic heterocycles. The zero-order valence-electron chi connectivity index (χ0n) is 57.1. The molecular formula is C80H122O10. The van der Waals surface area contributed by atoms with Crippen molar-refractivity contribution in [2.24, 2.45) is 0 Å². The van der Waals surface area contributed by atoms with Crippen molar-refractivity contribution in [1.29, 1.82) is 0 Å². The number of terminal acetylenes is 1. The van der Waals surface area contributed by atoms with Crippen molar-refractivity contribution < 1.29 is 47.5 Å². The fourth-order valence-electron chi connectivity index (χ4n) is 11.1. The van der Waals surface area contributed by atoms with Crippen LogP contribution in [0.25, 0.3) is 0 Å². The Labute approximate surface area is 547 Å². The third kappa shape index (κ3) is 37.5. The first-order valence-corrected chi connectivity index (χ1v) is 36.4. The second kappa shape index (κ2) is 52.8. The lowest BCUT2D eigenvalue weighted by Crippen LogP contribution is -2.16. The number of carbonyl (C=O) groups excluding carboxylic acids is 2. The van der Waals surface area contributed by atoms with Gasteiger partial charge < -0.3 is 37.9 Å². The van der Waals surface area contributed by atoms with E-state index < -0.39 is 18.5 Å². The number of esters is 2. The van der Waals surface area contributed by atoms with Crippen LogP contribution in [0.2, 0.25) is 0 Å². The highest BCUT2D eigenvalue weighted by Gasteiger charge is 2.17. The third-order valence-electron chi connectivity index (χ3n) is 16.8. The molecule has 10 heteroatoms. The maximum absolute atomic E-state index is 13.8. The summed E-state index contributed by atoms with van der Waals surface area (Å²) in [4.78, 5) is 26.7. The predicted molar refractivity (Wildman–Crippen MR) is 372 cm³/mol. The number of benzene rings is 4. The van der Waals surface area contributed by atoms with E-state index in [1.165, 1.54) is 205 Å². The minimum absolute atomic E-state index is 0.0135. The minimum Gasteiger partial charge on any atom is -0.490 e. The van der Waals surface area contributed by atoms with Crippen molar-refractivity contribution in [3.8, 4) is 46.8 Å². The summed E-state index contributed by atoms with van der Waals surface area (Å²) in [6, 6.07) is 24.2. The van der Waals surface area contributed by atoms with E-state index in [1.807, 2.05) is 36.4 Å². The maximum atomic E-state index is 13.8. The summed E-state index contributed by atoms with van der Waals surface area (Å²) in [6.07, 6.45) is 55.9. The van der Waals surface area contributed by atoms with E-state index in [4.69, 9.17) is 44.3 Å². The molecule has 0 N–H and O–H groups in total. The zero-order valence-corrected chi connectivity index (χ0v) is 57.1. The molecule has 90 heavy (non-hydrogen) atoms. The second-order valence-electron chi connectivity index (χ2n) is 25.0. The molecule has 0 aromatic heterocycles. The fraction of sp³-hybridized carbons (Fsp3) is 0.650. The van der Waals surface area contributed by atoms with Gasteiger partial charge in [0.05, 0.1) is 32.0 Å². The first-order chi connectivity index (χ1) is 44.3. The molecule has 4 aromatic carbocycles. The molecule has 0 atom stereocenters. The van der Waals surface area contributed by atoms with Crippen LogP contribution in [-0.4, -0.2) is 45.0 Å². The lowest BCUT2D eigenvalue weighted by molar-refractivity contribution is -0.148. The first-order valence-electron chi connectivity index (χ1n) is 36.4. The lowest BCUT2D eigenvalue weighted by atomic mass is 10.1. The Balaban J connectivity index is 1.47. The Morgan fingerprint density at radius 2 is 0.633 bits per heavy atom. The van der Waals surface area contributed by atoms with Gasteiger partial charge in [0.15, 0.2) is 29.6 Å². The van der Waals surface area contributed by atoms with Crippen molar-refractivity contribution in [2.45, 2.75) is 304 Å². The minimum atomic E-state index is -0.723. The smallest absolute Gasteiger partial charge is 0.344 e. The van der Waals surface area contributed by atoms with Crippen molar-refractivity contribution in [3.05, 3.63) is 107 Å². The average Bonchev–Trinajstić information content (AvgIpc) is 1.80. The molecule has 4 aromatic rings. The van der Waals surface area contributed by atoms with Gasteiger partial charge in [-0.05, 0) is 90.9 Å². The van der Waals surface area contributed by atoms with Gasteiger partial charge in [0.1, 0.15) is 31.3 Å². The molecule has 502 valence electrons. The van der Waals surface area contributed by atoms with Crippen LogP contribution in [-0.2, 0) is 34.1 Å². The number of ether oxygens (including phenoxy) is 8. The van der Waals surface area contributed by atoms with E-state index in [9.17, 15) is 9.59 Å². The van der Waals surface area contributed by atoms with Crippen molar-refractivity contribution in [2.75, 3.05) is 33.0 Å². The molecule has 0 aliphatic rings. The quantitative estimate of drug-likeness (QED) is 0.0241. The van der Waals surface area contributed by atoms with Gasteiger partial charge in [-0.3, -0.25) is 0 Å². The molecule has 0 unspecified atom stereocenters. The SMILES string of the molecule is C#Cc1ccc(COC(=O)COC(=O)c2cc(OCc3ccc(OCCCCCCCCCCCC)c(OCCCCCCCCCCCC)c3)cc(OCc3ccc(OCCCCCCCCCCCC)c(OCCCCCCCCCCCC)c3)c2)cc1. The van der Waals surface area contributed by atoms with E-state index in [1.54, 1.807) is 42.5 Å². The van der Waals surface area contributed by atoms with Gasteiger partial charge in [0.2, 0.25) is 0 Å². The van der Waals surface area contributed by atoms with Gasteiger partial charge in [0, 0.05) is 11.6 Å². The van der Waals surface area contributed by atoms with Crippen LogP contribution in [0.4, 0.5) is 0 Å². The van der Waals surface area contributed by atoms with Gasteiger partial charge in [-0.2, -0.15) is 0 Å². The summed E-state index contributed by atoms with van der Waals surface area (Å²) in [6.45, 7) is 11.4. The standard InChI is InChI=1S/C80H122O10/c1-6-11-15-19-23-27-31-35-39-43-55-83-75-53-51-70(59-77(75)85-57-45-41-37-33-29-25-21-17-13-8-3)65-87-73-61-72(80(82)90-67-79(81)89-64-69-49-47-68(10-5)48-50-69)62-74(63-73)88-66-71-52-54-76(84-56-44-40-36-32-28-24-20-16-12-7-2)78(60-71)86-58-46-42-38-34-30-26-22-18-14-9-4/h5,47-54,59-63H,6-9,11-46,55-58,64-67H2,1-4H3. The Kier molecular flexibility index (Phi) is 44.9. The Hall–Kier alpha value is -5.82. The first kappa shape index (κ1) is 76.6. The van der Waals surface area contributed by atoms with Crippen molar-refractivity contribution >= 4 is 11.9 Å². The zero-order chi connectivity index (χ0) is 64.0. The van der Waals surface area contributed by atoms with E-state index in [2.05, 4.69) is 33.6 Å². The number of hydrogen-bond donors (Lipinski definition) is 0. The maximum Gasteiger partial charge on any atom is 0.344 e. The Morgan fingerprint density at radius 3 is 0.967 bits per heavy atom. The van der Waals surface area contributed by atoms with Crippen LogP contribution in [0.3, 0.4) is 0 Å². The number of unbranched alkanes of at least 4 members (excludes halogenated alkanes) is 36. The highest BCUT2D eigenvalue weighted by molar-refractivity contribution is 5.91. The van der Waals surface area contributed by atoms with Crippen molar-refractivity contribution in [1.82, 2.24) is 0 Å². The number of hydrogen-bond acceptors (Lipinski definition) is 10. The summed E-state index contributed by atoms with van der Waals surface area (Å²) in [7, 11) is 0. The Bertz CT molecular complexity index is 2340. The summed E-state index contributed by atoms with van der Waals surface area (Å²) < 4.78 is 49.8. The summed E-state index contributed by atoms with van der Waals surface area (Å²) >= 11 is 0. The number of carbonyl (C=O) groups is 2. The molecule has 4 rings (SSSR count). The molecule has 0 fully saturated rings. The lowest BCUT2D eigenvalue weighted by Gasteiger charge is -2.16. The monoisotopic (exact) mass is 1240 g/mol. The molecule has 0 heterocycles. The van der Waals surface area contributed by atoms with E-state index in [0.717, 1.165) is 85.1 Å². The van der Waals surface area contributed by atoms with Crippen LogP contribution in [0.5, 0.6) is 34.5 Å². The molecule has 0 radical (unpaired) electrons. The summed E-state index contributed by atoms with van der Waals surface area (Å²) in [5, 5.41) is 0. The highest BCUT2D eigenvalue weighted by Crippen LogP contribution is 2.33. The highest BCUT2D eigenvalue weighted by atomic mass is 16.6. The summed E-state index contributed by atoms with van der Waals surface area (Å²) in [5.41, 5.74) is 3.41. The van der Waals surface area contributed by atoms with Gasteiger partial charge in [0.25, 0.3) is 0 Å². The van der Waals surface area contributed by atoms with E-state index in [0.29, 0.717) is 49.4 Å². The van der Waals surface area contributed by atoms with Gasteiger partial charge in [-0.1, -0.05) is 289 Å². The van der Waals surface area contributed by atoms with Gasteiger partial charge in [-0.25, -0.2) is 9.59 Å². The van der Waals surface area contributed by atoms with Crippen LogP contribution in [0.1, 0.15) is 317 Å². The topological polar surface area (TPSA) is 108 Å². The molecular weight excluding hydrogens is 1120 g/mol. The average molecular weight is 1240 g/mol. The summed E-state index contributed by atoms with van der Waals surface area (Å²) in [5.74, 6) is 4.86. The van der Waals surface area contributed by atoms with E-state index >= 15 is 0 Å². The molecule has 0 bridgehead atoms. The van der Waals surface area contributed by atoms with E-state index in [-0.39, 0.29) is 25.4 Å². The van der Waals surface area contributed by atoms with Crippen LogP contribution in [0.15, 0.2) is 78.9 Å². The third-order valence-corrected chi connectivity index (χ3v) is 16.8. The fourth-order valence-corrected chi connectivity index (χ4v) is 11.1. The van der Waals surface area contributed by atoms with Crippen LogP contribution < -0.4 is 28.4 Å². The molecule has 0 saturated carbocycles.